The summed E-state index contributed by atoms with van der Waals surface area (Å²) in [6.45, 7) is 0. The zero-order chi connectivity index (χ0) is 11.7. The van der Waals surface area contributed by atoms with Crippen LogP contribution in [-0.4, -0.2) is 9.55 Å². The number of aromatic nitrogens is 2. The summed E-state index contributed by atoms with van der Waals surface area (Å²) in [6.07, 6.45) is 6.92. The number of rotatable bonds is 2. The van der Waals surface area contributed by atoms with Gasteiger partial charge in [-0.3, -0.25) is 0 Å². The second-order valence-corrected chi connectivity index (χ2v) is 4.92. The zero-order valence-corrected chi connectivity index (χ0v) is 10.4. The summed E-state index contributed by atoms with van der Waals surface area (Å²) >= 11 is 6.23. The predicted molar refractivity (Wildman–Crippen MR) is 70.2 cm³/mol. The lowest BCUT2D eigenvalue weighted by Crippen LogP contribution is -2.06. The molecule has 0 saturated heterocycles. The Kier molecular flexibility index (Phi) is 2.89. The van der Waals surface area contributed by atoms with E-state index in [1.807, 2.05) is 12.3 Å². The highest BCUT2D eigenvalue weighted by atomic mass is 35.5. The fourth-order valence-corrected chi connectivity index (χ4v) is 2.95. The van der Waals surface area contributed by atoms with Gasteiger partial charge >= 0.3 is 0 Å². The minimum atomic E-state index is 0.528. The fraction of sp³-hybridized carbons (Fsp3) is 0.357. The van der Waals surface area contributed by atoms with Crippen molar-refractivity contribution in [1.82, 2.24) is 9.55 Å². The predicted octanol–water partition coefficient (Wildman–Crippen LogP) is 4.32. The molecule has 1 saturated carbocycles. The average Bonchev–Trinajstić information content (AvgIpc) is 2.99. The lowest BCUT2D eigenvalue weighted by molar-refractivity contribution is 0.523. The second-order valence-electron chi connectivity index (χ2n) is 4.59. The molecule has 0 radical (unpaired) electrons. The largest absolute Gasteiger partial charge is 0.312 e. The Bertz CT molecular complexity index is 498. The van der Waals surface area contributed by atoms with E-state index < -0.39 is 0 Å². The van der Waals surface area contributed by atoms with Crippen molar-refractivity contribution in [3.8, 4) is 11.3 Å². The first-order valence-corrected chi connectivity index (χ1v) is 6.52. The molecule has 0 amide bonds. The van der Waals surface area contributed by atoms with E-state index in [9.17, 15) is 0 Å². The van der Waals surface area contributed by atoms with Gasteiger partial charge in [-0.05, 0) is 30.0 Å². The molecule has 0 N–H and O–H groups in total. The number of halogens is 1. The van der Waals surface area contributed by atoms with Crippen LogP contribution in [0.2, 0.25) is 5.28 Å². The van der Waals surface area contributed by atoms with E-state index in [4.69, 9.17) is 11.6 Å². The molecule has 1 aromatic heterocycles. The van der Waals surface area contributed by atoms with Crippen molar-refractivity contribution in [2.45, 2.75) is 31.7 Å². The van der Waals surface area contributed by atoms with Crippen LogP contribution in [0.15, 0.2) is 36.5 Å². The summed E-state index contributed by atoms with van der Waals surface area (Å²) in [5.41, 5.74) is 2.33. The maximum Gasteiger partial charge on any atom is 0.203 e. The van der Waals surface area contributed by atoms with Gasteiger partial charge in [0.15, 0.2) is 0 Å². The number of benzene rings is 1. The van der Waals surface area contributed by atoms with Gasteiger partial charge in [0.25, 0.3) is 0 Å². The van der Waals surface area contributed by atoms with Gasteiger partial charge in [0.05, 0.1) is 11.9 Å². The third-order valence-corrected chi connectivity index (χ3v) is 3.79. The topological polar surface area (TPSA) is 17.8 Å². The van der Waals surface area contributed by atoms with Gasteiger partial charge in [-0.25, -0.2) is 4.98 Å². The highest BCUT2D eigenvalue weighted by Crippen LogP contribution is 2.36. The molecule has 0 aliphatic heterocycles. The summed E-state index contributed by atoms with van der Waals surface area (Å²) in [5, 5.41) is 0.621. The van der Waals surface area contributed by atoms with Crippen molar-refractivity contribution < 1.29 is 0 Å². The molecule has 0 unspecified atom stereocenters. The minimum Gasteiger partial charge on any atom is -0.312 e. The molecule has 2 aromatic rings. The van der Waals surface area contributed by atoms with Gasteiger partial charge in [0.2, 0.25) is 5.28 Å². The standard InChI is InChI=1S/C14H15ClN2/c15-14-16-10-13(11-6-2-1-3-7-11)17(14)12-8-4-5-9-12/h1-3,6-7,10,12H,4-5,8-9H2. The SMILES string of the molecule is Clc1ncc(-c2ccccc2)n1C1CCCC1. The van der Waals surface area contributed by atoms with Gasteiger partial charge in [-0.15, -0.1) is 0 Å². The Morgan fingerprint density at radius 2 is 1.82 bits per heavy atom. The van der Waals surface area contributed by atoms with Crippen LogP contribution in [0.25, 0.3) is 11.3 Å². The molecule has 1 aliphatic carbocycles. The lowest BCUT2D eigenvalue weighted by Gasteiger charge is -2.16. The number of nitrogens with zero attached hydrogens (tertiary/aromatic N) is 2. The molecule has 17 heavy (non-hydrogen) atoms. The Morgan fingerprint density at radius 3 is 2.53 bits per heavy atom. The second kappa shape index (κ2) is 4.53. The van der Waals surface area contributed by atoms with Crippen LogP contribution in [0.5, 0.6) is 0 Å². The zero-order valence-electron chi connectivity index (χ0n) is 9.64. The van der Waals surface area contributed by atoms with Gasteiger partial charge in [0, 0.05) is 6.04 Å². The average molecular weight is 247 g/mol. The first-order chi connectivity index (χ1) is 8.36. The molecule has 1 fully saturated rings. The van der Waals surface area contributed by atoms with E-state index in [1.165, 1.54) is 31.2 Å². The molecule has 1 heterocycles. The summed E-state index contributed by atoms with van der Waals surface area (Å²) < 4.78 is 2.20. The third kappa shape index (κ3) is 1.98. The first kappa shape index (κ1) is 10.8. The monoisotopic (exact) mass is 246 g/mol. The van der Waals surface area contributed by atoms with Crippen LogP contribution in [0, 0.1) is 0 Å². The van der Waals surface area contributed by atoms with E-state index in [2.05, 4.69) is 33.8 Å². The number of hydrogen-bond acceptors (Lipinski definition) is 1. The summed E-state index contributed by atoms with van der Waals surface area (Å²) in [5.74, 6) is 0. The van der Waals surface area contributed by atoms with Crippen LogP contribution in [-0.2, 0) is 0 Å². The highest BCUT2D eigenvalue weighted by molar-refractivity contribution is 6.28. The van der Waals surface area contributed by atoms with Crippen molar-refractivity contribution in [2.24, 2.45) is 0 Å². The number of imidazole rings is 1. The molecule has 1 aliphatic rings. The Balaban J connectivity index is 2.06. The molecule has 3 heteroatoms. The van der Waals surface area contributed by atoms with Gasteiger partial charge < -0.3 is 4.57 Å². The minimum absolute atomic E-state index is 0.528. The maximum absolute atomic E-state index is 6.23. The van der Waals surface area contributed by atoms with Crippen molar-refractivity contribution in [3.63, 3.8) is 0 Å². The fourth-order valence-electron chi connectivity index (χ4n) is 2.67. The van der Waals surface area contributed by atoms with E-state index in [-0.39, 0.29) is 0 Å². The van der Waals surface area contributed by atoms with Crippen molar-refractivity contribution >= 4 is 11.6 Å². The van der Waals surface area contributed by atoms with Crippen LogP contribution < -0.4 is 0 Å². The molecule has 0 bridgehead atoms. The maximum atomic E-state index is 6.23. The van der Waals surface area contributed by atoms with Crippen LogP contribution in [0.1, 0.15) is 31.7 Å². The molecule has 88 valence electrons. The molecular weight excluding hydrogens is 232 g/mol. The summed E-state index contributed by atoms with van der Waals surface area (Å²) in [7, 11) is 0. The van der Waals surface area contributed by atoms with E-state index in [0.29, 0.717) is 11.3 Å². The third-order valence-electron chi connectivity index (χ3n) is 3.51. The Labute approximate surface area is 106 Å². The smallest absolute Gasteiger partial charge is 0.203 e. The normalized spacial score (nSPS) is 16.5. The molecular formula is C14H15ClN2. The lowest BCUT2D eigenvalue weighted by atomic mass is 10.1. The quantitative estimate of drug-likeness (QED) is 0.772. The summed E-state index contributed by atoms with van der Waals surface area (Å²) in [6, 6.07) is 10.9. The summed E-state index contributed by atoms with van der Waals surface area (Å²) in [4.78, 5) is 4.27. The van der Waals surface area contributed by atoms with E-state index in [0.717, 1.165) is 5.69 Å². The molecule has 0 spiro atoms. The van der Waals surface area contributed by atoms with Gasteiger partial charge in [0.1, 0.15) is 0 Å². The van der Waals surface area contributed by atoms with E-state index >= 15 is 0 Å². The van der Waals surface area contributed by atoms with Crippen molar-refractivity contribution in [1.29, 1.82) is 0 Å². The van der Waals surface area contributed by atoms with Gasteiger partial charge in [-0.1, -0.05) is 43.2 Å². The van der Waals surface area contributed by atoms with Crippen molar-refractivity contribution in [3.05, 3.63) is 41.8 Å². The molecule has 1 aromatic carbocycles. The Hall–Kier alpha value is -1.28. The van der Waals surface area contributed by atoms with Crippen LogP contribution in [0.3, 0.4) is 0 Å². The molecule has 3 rings (SSSR count). The first-order valence-electron chi connectivity index (χ1n) is 6.14. The van der Waals surface area contributed by atoms with Crippen LogP contribution in [0.4, 0.5) is 0 Å². The molecule has 2 nitrogen and oxygen atoms in total. The van der Waals surface area contributed by atoms with Gasteiger partial charge in [-0.2, -0.15) is 0 Å². The molecule has 0 atom stereocenters. The highest BCUT2D eigenvalue weighted by Gasteiger charge is 2.22. The van der Waals surface area contributed by atoms with Crippen LogP contribution >= 0.6 is 11.6 Å². The van der Waals surface area contributed by atoms with Crippen molar-refractivity contribution in [2.75, 3.05) is 0 Å². The van der Waals surface area contributed by atoms with E-state index in [1.54, 1.807) is 0 Å². The number of hydrogen-bond donors (Lipinski definition) is 0. The Morgan fingerprint density at radius 1 is 1.12 bits per heavy atom.